The van der Waals surface area contributed by atoms with Crippen molar-refractivity contribution < 1.29 is 26.8 Å². The molecule has 29 heavy (non-hydrogen) atoms. The summed E-state index contributed by atoms with van der Waals surface area (Å²) in [5, 5.41) is 0. The van der Waals surface area contributed by atoms with E-state index >= 15 is 0 Å². The lowest BCUT2D eigenvalue weighted by Crippen LogP contribution is -2.58. The summed E-state index contributed by atoms with van der Waals surface area (Å²) >= 11 is 0. The Kier molecular flexibility index (Phi) is 5.40. The average Bonchev–Trinajstić information content (AvgIpc) is 2.68. The van der Waals surface area contributed by atoms with Crippen LogP contribution < -0.4 is 11.2 Å². The largest absolute Gasteiger partial charge is 0.371 e. The monoisotopic (exact) mass is 424 g/mol. The first-order valence-electron chi connectivity index (χ1n) is 8.95. The Labute approximate surface area is 166 Å². The second kappa shape index (κ2) is 7.84. The summed E-state index contributed by atoms with van der Waals surface area (Å²) in [7, 11) is -3.88. The summed E-state index contributed by atoms with van der Waals surface area (Å²) < 4.78 is 48.0. The Bertz CT molecular complexity index is 1080. The van der Waals surface area contributed by atoms with Crippen LogP contribution in [0.15, 0.2) is 52.2 Å². The van der Waals surface area contributed by atoms with Gasteiger partial charge in [-0.25, -0.2) is 4.79 Å². The van der Waals surface area contributed by atoms with Crippen LogP contribution >= 0.6 is 0 Å². The first-order chi connectivity index (χ1) is 13.8. The number of nitrogens with zero attached hydrogens (tertiary/aromatic N) is 1. The minimum atomic E-state index is -3.88. The number of fused-ring (bicyclic) bond motifs is 1. The van der Waals surface area contributed by atoms with Crippen molar-refractivity contribution in [1.29, 1.82) is 0 Å². The van der Waals surface area contributed by atoms with E-state index in [1.54, 1.807) is 0 Å². The van der Waals surface area contributed by atoms with Crippen LogP contribution in [0.4, 0.5) is 0 Å². The molecular formula is C18H20N2O8S. The van der Waals surface area contributed by atoms with Gasteiger partial charge in [-0.15, -0.1) is 0 Å². The molecule has 11 heteroatoms. The summed E-state index contributed by atoms with van der Waals surface area (Å²) in [5.74, 6) is 0. The van der Waals surface area contributed by atoms with E-state index in [1.807, 2.05) is 30.3 Å². The third-order valence-corrected chi connectivity index (χ3v) is 5.38. The van der Waals surface area contributed by atoms with Gasteiger partial charge in [-0.1, -0.05) is 30.3 Å². The van der Waals surface area contributed by atoms with E-state index in [-0.39, 0.29) is 13.2 Å². The van der Waals surface area contributed by atoms with E-state index in [1.165, 1.54) is 16.8 Å². The zero-order chi connectivity index (χ0) is 20.6. The highest BCUT2D eigenvalue weighted by Gasteiger charge is 2.48. The van der Waals surface area contributed by atoms with Crippen LogP contribution in [0.3, 0.4) is 0 Å². The van der Waals surface area contributed by atoms with Crippen LogP contribution in [0.2, 0.25) is 0 Å². The molecule has 1 N–H and O–H groups in total. The number of hydrogen-bond acceptors (Lipinski definition) is 8. The molecule has 3 heterocycles. The molecule has 1 aromatic carbocycles. The summed E-state index contributed by atoms with van der Waals surface area (Å²) in [6, 6.07) is 9.51. The molecule has 0 bridgehead atoms. The molecular weight excluding hydrogens is 404 g/mol. The maximum absolute atomic E-state index is 12.3. The minimum absolute atomic E-state index is 0.0178. The number of hydrogen-bond donors (Lipinski definition) is 1. The van der Waals surface area contributed by atoms with Crippen LogP contribution in [-0.4, -0.2) is 55.8 Å². The van der Waals surface area contributed by atoms with Gasteiger partial charge in [0.25, 0.3) is 15.7 Å². The van der Waals surface area contributed by atoms with Crippen LogP contribution in [0.25, 0.3) is 0 Å². The van der Waals surface area contributed by atoms with Gasteiger partial charge < -0.3 is 14.2 Å². The Morgan fingerprint density at radius 3 is 2.55 bits per heavy atom. The number of nitrogens with one attached hydrogen (secondary N) is 1. The first kappa shape index (κ1) is 20.0. The van der Waals surface area contributed by atoms with E-state index in [2.05, 4.69) is 4.98 Å². The third kappa shape index (κ3) is 4.33. The molecule has 4 rings (SSSR count). The van der Waals surface area contributed by atoms with E-state index in [0.717, 1.165) is 11.8 Å². The average molecular weight is 424 g/mol. The van der Waals surface area contributed by atoms with Crippen LogP contribution in [0.5, 0.6) is 0 Å². The topological polar surface area (TPSA) is 126 Å². The number of rotatable bonds is 4. The predicted octanol–water partition coefficient (Wildman–Crippen LogP) is -0.0645. The zero-order valence-electron chi connectivity index (χ0n) is 15.5. The molecule has 0 aliphatic carbocycles. The van der Waals surface area contributed by atoms with Crippen LogP contribution in [0, 0.1) is 0 Å². The van der Waals surface area contributed by atoms with Crippen molar-refractivity contribution in [3.63, 3.8) is 0 Å². The van der Waals surface area contributed by atoms with Gasteiger partial charge in [-0.3, -0.25) is 18.5 Å². The smallest absolute Gasteiger partial charge is 0.328 e. The standard InChI is InChI=1S/C18H20N2O8S/c1-29(23,24)28-15-12(20-8-7-14(21)19-18(20)22)9-25-13-10-26-17(27-16(13)15)11-5-3-2-4-6-11/h2-8,12-13,15-17H,9-10H2,1H3,(H,19,21,22)/t12-,13-,15+,16-,17?/m1/s1. The number of aromatic amines is 1. The van der Waals surface area contributed by atoms with Crippen LogP contribution in [-0.2, 0) is 28.5 Å². The number of benzene rings is 1. The molecule has 10 nitrogen and oxygen atoms in total. The highest BCUT2D eigenvalue weighted by Crippen LogP contribution is 2.36. The van der Waals surface area contributed by atoms with E-state index in [0.29, 0.717) is 0 Å². The lowest BCUT2D eigenvalue weighted by atomic mass is 9.97. The summed E-state index contributed by atoms with van der Waals surface area (Å²) in [6.07, 6.45) is -0.974. The van der Waals surface area contributed by atoms with Gasteiger partial charge in [0.2, 0.25) is 0 Å². The second-order valence-corrected chi connectivity index (χ2v) is 8.50. The van der Waals surface area contributed by atoms with Crippen LogP contribution in [0.1, 0.15) is 17.9 Å². The van der Waals surface area contributed by atoms with Crippen molar-refractivity contribution in [2.45, 2.75) is 30.6 Å². The first-order valence-corrected chi connectivity index (χ1v) is 10.8. The van der Waals surface area contributed by atoms with Crippen molar-refractivity contribution >= 4 is 10.1 Å². The molecule has 0 radical (unpaired) electrons. The Morgan fingerprint density at radius 1 is 1.10 bits per heavy atom. The molecule has 1 unspecified atom stereocenters. The van der Waals surface area contributed by atoms with Gasteiger partial charge in [0, 0.05) is 17.8 Å². The van der Waals surface area contributed by atoms with E-state index in [9.17, 15) is 18.0 Å². The predicted molar refractivity (Wildman–Crippen MR) is 99.8 cm³/mol. The van der Waals surface area contributed by atoms with Gasteiger partial charge in [-0.05, 0) is 0 Å². The van der Waals surface area contributed by atoms with Crippen molar-refractivity contribution in [1.82, 2.24) is 9.55 Å². The molecule has 0 amide bonds. The highest BCUT2D eigenvalue weighted by molar-refractivity contribution is 7.86. The molecule has 2 aliphatic rings. The van der Waals surface area contributed by atoms with Crippen molar-refractivity contribution in [3.05, 3.63) is 69.0 Å². The fourth-order valence-corrected chi connectivity index (χ4v) is 4.19. The SMILES string of the molecule is CS(=O)(=O)O[C@@H]1[C@@H]2OC(c3ccccc3)OC[C@H]2OC[C@H]1n1ccc(=O)[nH]c1=O. The zero-order valence-corrected chi connectivity index (χ0v) is 16.3. The van der Waals surface area contributed by atoms with Gasteiger partial charge in [0.05, 0.1) is 25.5 Å². The van der Waals surface area contributed by atoms with E-state index < -0.39 is 52.0 Å². The molecule has 2 aromatic rings. The molecule has 2 aliphatic heterocycles. The minimum Gasteiger partial charge on any atom is -0.371 e. The number of ether oxygens (including phenoxy) is 3. The molecule has 0 saturated carbocycles. The molecule has 5 atom stereocenters. The Balaban J connectivity index is 1.69. The molecule has 2 fully saturated rings. The lowest BCUT2D eigenvalue weighted by molar-refractivity contribution is -0.303. The quantitative estimate of drug-likeness (QED) is 0.677. The summed E-state index contributed by atoms with van der Waals surface area (Å²) in [5.41, 5.74) is -0.501. The molecule has 0 spiro atoms. The fraction of sp³-hybridized carbons (Fsp3) is 0.444. The Hall–Kier alpha value is -2.31. The lowest BCUT2D eigenvalue weighted by Gasteiger charge is -2.46. The van der Waals surface area contributed by atoms with Gasteiger partial charge in [0.1, 0.15) is 18.3 Å². The number of aromatic nitrogens is 2. The third-order valence-electron chi connectivity index (χ3n) is 4.81. The van der Waals surface area contributed by atoms with Gasteiger partial charge in [-0.2, -0.15) is 8.42 Å². The van der Waals surface area contributed by atoms with Gasteiger partial charge >= 0.3 is 5.69 Å². The molecule has 2 saturated heterocycles. The highest BCUT2D eigenvalue weighted by atomic mass is 32.2. The maximum Gasteiger partial charge on any atom is 0.328 e. The molecule has 1 aromatic heterocycles. The van der Waals surface area contributed by atoms with Crippen molar-refractivity contribution in [2.24, 2.45) is 0 Å². The van der Waals surface area contributed by atoms with Crippen molar-refractivity contribution in [3.8, 4) is 0 Å². The maximum atomic E-state index is 12.3. The van der Waals surface area contributed by atoms with Gasteiger partial charge in [0.15, 0.2) is 6.29 Å². The second-order valence-electron chi connectivity index (χ2n) is 6.90. The Morgan fingerprint density at radius 2 is 1.86 bits per heavy atom. The van der Waals surface area contributed by atoms with Crippen molar-refractivity contribution in [2.75, 3.05) is 19.5 Å². The molecule has 156 valence electrons. The summed E-state index contributed by atoms with van der Waals surface area (Å²) in [6.45, 7) is 0.150. The normalized spacial score (nSPS) is 29.9. The van der Waals surface area contributed by atoms with E-state index in [4.69, 9.17) is 18.4 Å². The fourth-order valence-electron chi connectivity index (χ4n) is 3.55. The number of H-pyrrole nitrogens is 1. The summed E-state index contributed by atoms with van der Waals surface area (Å²) in [4.78, 5) is 25.8.